The number of hydrogen-bond acceptors (Lipinski definition) is 5. The Balaban J connectivity index is 0.000000293. The van der Waals surface area contributed by atoms with Crippen LogP contribution in [0.2, 0.25) is 0 Å². The zero-order valence-electron chi connectivity index (χ0n) is 9.66. The highest BCUT2D eigenvalue weighted by molar-refractivity contribution is 6.58. The third-order valence-electron chi connectivity index (χ3n) is 1.68. The van der Waals surface area contributed by atoms with E-state index in [-0.39, 0.29) is 0 Å². The first-order valence-electron chi connectivity index (χ1n) is 4.65. The minimum absolute atomic E-state index is 0.514. The van der Waals surface area contributed by atoms with Crippen molar-refractivity contribution in [1.82, 2.24) is 0 Å². The first-order valence-corrected chi connectivity index (χ1v) is 4.65. The van der Waals surface area contributed by atoms with Crippen LogP contribution >= 0.6 is 0 Å². The van der Waals surface area contributed by atoms with E-state index >= 15 is 0 Å². The van der Waals surface area contributed by atoms with Crippen molar-refractivity contribution in [3.63, 3.8) is 0 Å². The number of hydrogen-bond donors (Lipinski definition) is 2. The standard InChI is InChI=1S/C6H7BO2.C3H9BO3/c8-7(9)6-4-2-1-3-5-6;1-5-4(6-2)7-3/h1-5,8-9H;1-3H3. The molecule has 0 saturated heterocycles. The molecule has 88 valence electrons. The Morgan fingerprint density at radius 2 is 1.31 bits per heavy atom. The summed E-state index contributed by atoms with van der Waals surface area (Å²) in [7, 11) is 2.68. The summed E-state index contributed by atoms with van der Waals surface area (Å²) in [6, 6.07) is 8.66. The Morgan fingerprint density at radius 3 is 1.50 bits per heavy atom. The topological polar surface area (TPSA) is 68.2 Å². The highest BCUT2D eigenvalue weighted by Crippen LogP contribution is 1.82. The largest absolute Gasteiger partial charge is 0.638 e. The lowest BCUT2D eigenvalue weighted by atomic mass is 9.81. The van der Waals surface area contributed by atoms with Crippen LogP contribution in [0, 0.1) is 0 Å². The lowest BCUT2D eigenvalue weighted by molar-refractivity contribution is 0.163. The summed E-state index contributed by atoms with van der Waals surface area (Å²) in [5.41, 5.74) is 0.525. The average Bonchev–Trinajstić information content (AvgIpc) is 2.33. The van der Waals surface area contributed by atoms with Gasteiger partial charge in [0.25, 0.3) is 0 Å². The highest BCUT2D eigenvalue weighted by atomic mass is 16.7. The van der Waals surface area contributed by atoms with E-state index < -0.39 is 14.4 Å². The smallest absolute Gasteiger partial charge is 0.423 e. The van der Waals surface area contributed by atoms with Gasteiger partial charge in [-0.2, -0.15) is 0 Å². The van der Waals surface area contributed by atoms with Gasteiger partial charge in [-0.15, -0.1) is 0 Å². The molecule has 16 heavy (non-hydrogen) atoms. The van der Waals surface area contributed by atoms with Crippen LogP contribution in [-0.4, -0.2) is 45.8 Å². The van der Waals surface area contributed by atoms with E-state index in [0.29, 0.717) is 5.46 Å². The van der Waals surface area contributed by atoms with Crippen LogP contribution in [0.3, 0.4) is 0 Å². The minimum Gasteiger partial charge on any atom is -0.423 e. The number of rotatable bonds is 4. The molecule has 0 spiro atoms. The highest BCUT2D eigenvalue weighted by Gasteiger charge is 2.12. The van der Waals surface area contributed by atoms with E-state index in [4.69, 9.17) is 10.0 Å². The molecule has 1 rings (SSSR count). The average molecular weight is 226 g/mol. The summed E-state index contributed by atoms with van der Waals surface area (Å²) in [4.78, 5) is 0. The molecule has 0 bridgehead atoms. The molecular formula is C9H16B2O5. The SMILES string of the molecule is COB(OC)OC.OB(O)c1ccccc1. The zero-order valence-corrected chi connectivity index (χ0v) is 9.66. The molecule has 1 aromatic rings. The fourth-order valence-electron chi connectivity index (χ4n) is 0.914. The second-order valence-electron chi connectivity index (χ2n) is 2.78. The van der Waals surface area contributed by atoms with Crippen LogP contribution in [0.1, 0.15) is 0 Å². The summed E-state index contributed by atoms with van der Waals surface area (Å²) in [6.45, 7) is 0. The van der Waals surface area contributed by atoms with Crippen LogP contribution in [0.15, 0.2) is 30.3 Å². The molecule has 0 aliphatic carbocycles. The molecule has 1 aromatic carbocycles. The first-order chi connectivity index (χ1) is 7.65. The van der Waals surface area contributed by atoms with Gasteiger partial charge in [-0.3, -0.25) is 0 Å². The summed E-state index contributed by atoms with van der Waals surface area (Å²) < 4.78 is 13.8. The number of benzene rings is 1. The van der Waals surface area contributed by atoms with Gasteiger partial charge in [-0.05, 0) is 5.46 Å². The van der Waals surface area contributed by atoms with Gasteiger partial charge in [-0.1, -0.05) is 30.3 Å². The van der Waals surface area contributed by atoms with E-state index in [1.165, 1.54) is 21.3 Å². The molecule has 0 saturated carbocycles. The maximum atomic E-state index is 8.58. The van der Waals surface area contributed by atoms with Crippen molar-refractivity contribution >= 4 is 19.9 Å². The predicted molar refractivity (Wildman–Crippen MR) is 63.0 cm³/mol. The van der Waals surface area contributed by atoms with E-state index in [2.05, 4.69) is 14.0 Å². The van der Waals surface area contributed by atoms with Crippen LogP contribution in [0.4, 0.5) is 0 Å². The second-order valence-corrected chi connectivity index (χ2v) is 2.78. The van der Waals surface area contributed by atoms with Crippen molar-refractivity contribution in [1.29, 1.82) is 0 Å². The molecule has 0 amide bonds. The molecule has 0 unspecified atom stereocenters. The summed E-state index contributed by atoms with van der Waals surface area (Å²) >= 11 is 0. The maximum absolute atomic E-state index is 8.58. The van der Waals surface area contributed by atoms with Gasteiger partial charge >= 0.3 is 14.4 Å². The van der Waals surface area contributed by atoms with Crippen molar-refractivity contribution in [3.8, 4) is 0 Å². The fraction of sp³-hybridized carbons (Fsp3) is 0.333. The Kier molecular flexibility index (Phi) is 8.88. The van der Waals surface area contributed by atoms with E-state index in [9.17, 15) is 0 Å². The van der Waals surface area contributed by atoms with E-state index in [0.717, 1.165) is 0 Å². The molecule has 7 heteroatoms. The lowest BCUT2D eigenvalue weighted by Gasteiger charge is -2.01. The molecule has 0 aliphatic rings. The van der Waals surface area contributed by atoms with Gasteiger partial charge in [0.2, 0.25) is 0 Å². The van der Waals surface area contributed by atoms with E-state index in [1.54, 1.807) is 24.3 Å². The van der Waals surface area contributed by atoms with Crippen molar-refractivity contribution in [2.24, 2.45) is 0 Å². The van der Waals surface area contributed by atoms with Crippen molar-refractivity contribution in [2.45, 2.75) is 0 Å². The maximum Gasteiger partial charge on any atom is 0.638 e. The van der Waals surface area contributed by atoms with Crippen LogP contribution in [-0.2, 0) is 14.0 Å². The summed E-state index contributed by atoms with van der Waals surface area (Å²) in [5.74, 6) is 0. The molecule has 0 heterocycles. The van der Waals surface area contributed by atoms with Crippen molar-refractivity contribution in [2.75, 3.05) is 21.3 Å². The van der Waals surface area contributed by atoms with Crippen LogP contribution in [0.5, 0.6) is 0 Å². The Labute approximate surface area is 96.3 Å². The van der Waals surface area contributed by atoms with Crippen molar-refractivity contribution in [3.05, 3.63) is 30.3 Å². The fourth-order valence-corrected chi connectivity index (χ4v) is 0.914. The van der Waals surface area contributed by atoms with Gasteiger partial charge in [0, 0.05) is 21.3 Å². The van der Waals surface area contributed by atoms with Gasteiger partial charge in [0.15, 0.2) is 0 Å². The quantitative estimate of drug-likeness (QED) is 0.662. The molecule has 5 nitrogen and oxygen atoms in total. The lowest BCUT2D eigenvalue weighted by Crippen LogP contribution is -2.29. The zero-order chi connectivity index (χ0) is 12.4. The molecule has 0 atom stereocenters. The normalized spacial score (nSPS) is 9.06. The molecule has 0 aliphatic heterocycles. The molecular weight excluding hydrogens is 210 g/mol. The van der Waals surface area contributed by atoms with Gasteiger partial charge in [0.1, 0.15) is 0 Å². The van der Waals surface area contributed by atoms with Gasteiger partial charge in [0.05, 0.1) is 0 Å². The summed E-state index contributed by atoms with van der Waals surface area (Å²) in [5, 5.41) is 17.2. The van der Waals surface area contributed by atoms with Gasteiger partial charge < -0.3 is 24.0 Å². The molecule has 2 N–H and O–H groups in total. The third-order valence-corrected chi connectivity index (χ3v) is 1.68. The Bertz CT molecular complexity index is 248. The Morgan fingerprint density at radius 1 is 0.875 bits per heavy atom. The summed E-state index contributed by atoms with van der Waals surface area (Å²) in [6.07, 6.45) is 0. The minimum atomic E-state index is -1.34. The predicted octanol–water partition coefficient (Wildman–Crippen LogP) is -0.723. The van der Waals surface area contributed by atoms with Gasteiger partial charge in [-0.25, -0.2) is 0 Å². The third kappa shape index (κ3) is 6.60. The van der Waals surface area contributed by atoms with Crippen LogP contribution < -0.4 is 5.46 Å². The monoisotopic (exact) mass is 226 g/mol. The van der Waals surface area contributed by atoms with Crippen LogP contribution in [0.25, 0.3) is 0 Å². The second kappa shape index (κ2) is 9.38. The molecule has 0 radical (unpaired) electrons. The molecule has 0 aromatic heterocycles. The Hall–Kier alpha value is -0.850. The van der Waals surface area contributed by atoms with E-state index in [1.807, 2.05) is 6.07 Å². The van der Waals surface area contributed by atoms with Crippen molar-refractivity contribution < 1.29 is 24.0 Å². The first kappa shape index (κ1) is 15.1. The molecule has 0 fully saturated rings.